The largest absolute Gasteiger partial charge is 0.362 e. The van der Waals surface area contributed by atoms with Crippen LogP contribution in [0.15, 0.2) is 30.9 Å². The zero-order chi connectivity index (χ0) is 16.7. The van der Waals surface area contributed by atoms with Crippen molar-refractivity contribution >= 4 is 33.3 Å². The van der Waals surface area contributed by atoms with E-state index in [1.165, 1.54) is 10.4 Å². The fourth-order valence-electron chi connectivity index (χ4n) is 3.10. The van der Waals surface area contributed by atoms with Gasteiger partial charge < -0.3 is 9.80 Å². The van der Waals surface area contributed by atoms with E-state index < -0.39 is 0 Å². The van der Waals surface area contributed by atoms with E-state index in [-0.39, 0.29) is 5.91 Å². The maximum absolute atomic E-state index is 12.7. The molecule has 0 bridgehead atoms. The number of aromatic nitrogens is 3. The highest BCUT2D eigenvalue weighted by Crippen LogP contribution is 2.38. The van der Waals surface area contributed by atoms with Crippen LogP contribution in [0.25, 0.3) is 10.2 Å². The molecule has 0 saturated carbocycles. The first-order valence-electron chi connectivity index (χ1n) is 7.77. The highest BCUT2D eigenvalue weighted by molar-refractivity contribution is 7.19. The molecule has 3 aromatic rings. The first-order chi connectivity index (χ1) is 11.6. The van der Waals surface area contributed by atoms with Crippen molar-refractivity contribution in [1.82, 2.24) is 19.9 Å². The lowest BCUT2D eigenvalue weighted by molar-refractivity contribution is 0.0737. The molecule has 0 aliphatic carbocycles. The molecule has 6 nitrogen and oxygen atoms in total. The fourth-order valence-corrected chi connectivity index (χ4v) is 4.30. The molecule has 0 saturated heterocycles. The summed E-state index contributed by atoms with van der Waals surface area (Å²) in [6.07, 6.45) is 5.75. The maximum atomic E-state index is 12.7. The summed E-state index contributed by atoms with van der Waals surface area (Å²) in [4.78, 5) is 31.6. The summed E-state index contributed by atoms with van der Waals surface area (Å²) in [5.74, 6) is 1.01. The Morgan fingerprint density at radius 1 is 1.25 bits per heavy atom. The molecule has 0 unspecified atom stereocenters. The van der Waals surface area contributed by atoms with Gasteiger partial charge in [0.15, 0.2) is 0 Å². The SMILES string of the molecule is CN(C)c1ncnc2sc3c(c12)CCN(C(=O)c1ccncc1)C3. The smallest absolute Gasteiger partial charge is 0.254 e. The molecule has 0 aromatic carbocycles. The Balaban J connectivity index is 1.70. The molecular weight excluding hydrogens is 322 g/mol. The zero-order valence-corrected chi connectivity index (χ0v) is 14.4. The van der Waals surface area contributed by atoms with Crippen molar-refractivity contribution in [2.75, 3.05) is 25.5 Å². The summed E-state index contributed by atoms with van der Waals surface area (Å²) in [5.41, 5.74) is 1.97. The van der Waals surface area contributed by atoms with Crippen LogP contribution in [0.3, 0.4) is 0 Å². The molecule has 1 amide bonds. The number of pyridine rings is 1. The molecule has 4 heterocycles. The summed E-state index contributed by atoms with van der Waals surface area (Å²) in [7, 11) is 3.99. The average Bonchev–Trinajstić information content (AvgIpc) is 2.99. The highest BCUT2D eigenvalue weighted by Gasteiger charge is 2.27. The molecule has 3 aromatic heterocycles. The van der Waals surface area contributed by atoms with Crippen LogP contribution in [-0.2, 0) is 13.0 Å². The Hall–Kier alpha value is -2.54. The number of anilines is 1. The fraction of sp³-hybridized carbons (Fsp3) is 0.294. The van der Waals surface area contributed by atoms with Gasteiger partial charge in [0, 0.05) is 43.5 Å². The van der Waals surface area contributed by atoms with E-state index in [2.05, 4.69) is 15.0 Å². The molecule has 0 spiro atoms. The standard InChI is InChI=1S/C17H17N5OS/c1-21(2)15-14-12-5-8-22(17(23)11-3-6-18-7-4-11)9-13(12)24-16(14)20-10-19-15/h3-4,6-7,10H,5,8-9H2,1-2H3. The van der Waals surface area contributed by atoms with Crippen molar-refractivity contribution < 1.29 is 4.79 Å². The first-order valence-corrected chi connectivity index (χ1v) is 8.58. The van der Waals surface area contributed by atoms with Gasteiger partial charge in [0.25, 0.3) is 5.91 Å². The zero-order valence-electron chi connectivity index (χ0n) is 13.6. The number of rotatable bonds is 2. The lowest BCUT2D eigenvalue weighted by atomic mass is 10.0. The number of amides is 1. The Bertz CT molecular complexity index is 906. The van der Waals surface area contributed by atoms with Crippen molar-refractivity contribution in [1.29, 1.82) is 0 Å². The van der Waals surface area contributed by atoms with E-state index in [9.17, 15) is 4.79 Å². The third kappa shape index (κ3) is 2.41. The number of thiophene rings is 1. The van der Waals surface area contributed by atoms with E-state index in [1.54, 1.807) is 42.2 Å². The lowest BCUT2D eigenvalue weighted by Crippen LogP contribution is -2.35. The summed E-state index contributed by atoms with van der Waals surface area (Å²) in [6, 6.07) is 3.52. The molecule has 1 aliphatic rings. The normalized spacial score (nSPS) is 13.8. The number of hydrogen-bond donors (Lipinski definition) is 0. The molecule has 0 fully saturated rings. The minimum absolute atomic E-state index is 0.0550. The van der Waals surface area contributed by atoms with Crippen LogP contribution in [0.4, 0.5) is 5.82 Å². The summed E-state index contributed by atoms with van der Waals surface area (Å²) >= 11 is 1.66. The second-order valence-electron chi connectivity index (χ2n) is 5.99. The number of carbonyl (C=O) groups is 1. The average molecular weight is 339 g/mol. The Morgan fingerprint density at radius 3 is 2.79 bits per heavy atom. The van der Waals surface area contributed by atoms with Gasteiger partial charge in [0.1, 0.15) is 17.0 Å². The minimum atomic E-state index is 0.0550. The van der Waals surface area contributed by atoms with E-state index in [0.29, 0.717) is 18.7 Å². The van der Waals surface area contributed by atoms with E-state index in [0.717, 1.165) is 22.5 Å². The molecular formula is C17H17N5OS. The van der Waals surface area contributed by atoms with Gasteiger partial charge in [-0.3, -0.25) is 9.78 Å². The molecule has 0 atom stereocenters. The van der Waals surface area contributed by atoms with Crippen molar-refractivity contribution in [3.05, 3.63) is 46.9 Å². The predicted octanol–water partition coefficient (Wildman–Crippen LogP) is 2.35. The van der Waals surface area contributed by atoms with Crippen LogP contribution < -0.4 is 4.90 Å². The van der Waals surface area contributed by atoms with E-state index in [4.69, 9.17) is 0 Å². The second kappa shape index (κ2) is 5.83. The quantitative estimate of drug-likeness (QED) is 0.717. The first kappa shape index (κ1) is 15.0. The maximum Gasteiger partial charge on any atom is 0.254 e. The lowest BCUT2D eigenvalue weighted by Gasteiger charge is -2.27. The molecule has 0 N–H and O–H groups in total. The number of hydrogen-bond acceptors (Lipinski definition) is 6. The Morgan fingerprint density at radius 2 is 2.04 bits per heavy atom. The molecule has 122 valence electrons. The molecule has 24 heavy (non-hydrogen) atoms. The van der Waals surface area contributed by atoms with Crippen molar-refractivity contribution in [3.8, 4) is 0 Å². The van der Waals surface area contributed by atoms with Gasteiger partial charge in [-0.1, -0.05) is 0 Å². The van der Waals surface area contributed by atoms with E-state index >= 15 is 0 Å². The van der Waals surface area contributed by atoms with Crippen LogP contribution in [-0.4, -0.2) is 46.4 Å². The number of nitrogens with zero attached hydrogens (tertiary/aromatic N) is 5. The van der Waals surface area contributed by atoms with E-state index in [1.807, 2.05) is 23.9 Å². The van der Waals surface area contributed by atoms with Gasteiger partial charge in [0.05, 0.1) is 11.9 Å². The van der Waals surface area contributed by atoms with Gasteiger partial charge in [-0.2, -0.15) is 0 Å². The van der Waals surface area contributed by atoms with Crippen LogP contribution in [0.1, 0.15) is 20.8 Å². The van der Waals surface area contributed by atoms with Gasteiger partial charge in [-0.25, -0.2) is 9.97 Å². The van der Waals surface area contributed by atoms with Crippen LogP contribution in [0.5, 0.6) is 0 Å². The molecule has 0 radical (unpaired) electrons. The number of fused-ring (bicyclic) bond motifs is 3. The van der Waals surface area contributed by atoms with Crippen LogP contribution in [0.2, 0.25) is 0 Å². The van der Waals surface area contributed by atoms with Crippen LogP contribution >= 0.6 is 11.3 Å². The third-order valence-corrected chi connectivity index (χ3v) is 5.38. The Kier molecular flexibility index (Phi) is 3.65. The van der Waals surface area contributed by atoms with Gasteiger partial charge in [-0.15, -0.1) is 11.3 Å². The van der Waals surface area contributed by atoms with Crippen LogP contribution in [0, 0.1) is 0 Å². The third-order valence-electron chi connectivity index (χ3n) is 4.25. The van der Waals surface area contributed by atoms with Crippen molar-refractivity contribution in [2.24, 2.45) is 0 Å². The van der Waals surface area contributed by atoms with Gasteiger partial charge >= 0.3 is 0 Å². The van der Waals surface area contributed by atoms with Gasteiger partial charge in [-0.05, 0) is 24.1 Å². The molecule has 7 heteroatoms. The summed E-state index contributed by atoms with van der Waals surface area (Å²) in [5, 5.41) is 1.14. The minimum Gasteiger partial charge on any atom is -0.362 e. The molecule has 1 aliphatic heterocycles. The predicted molar refractivity (Wildman–Crippen MR) is 94.4 cm³/mol. The topological polar surface area (TPSA) is 62.2 Å². The van der Waals surface area contributed by atoms with Crippen molar-refractivity contribution in [3.63, 3.8) is 0 Å². The second-order valence-corrected chi connectivity index (χ2v) is 7.07. The van der Waals surface area contributed by atoms with Gasteiger partial charge in [0.2, 0.25) is 0 Å². The molecule has 4 rings (SSSR count). The summed E-state index contributed by atoms with van der Waals surface area (Å²) in [6.45, 7) is 1.34. The Labute approximate surface area is 143 Å². The van der Waals surface area contributed by atoms with Crippen molar-refractivity contribution in [2.45, 2.75) is 13.0 Å². The highest BCUT2D eigenvalue weighted by atomic mass is 32.1. The number of carbonyl (C=O) groups excluding carboxylic acids is 1. The monoisotopic (exact) mass is 339 g/mol. The summed E-state index contributed by atoms with van der Waals surface area (Å²) < 4.78 is 0.